The standard InChI is InChI=1S/3C15H21FN2O2.C10H13FN2.C10H7FN2.C10H18O5.C4H3ClN2.C2H6.2CH4/c3*1-15(2,3)20-14(19)18-8-7-17-13(10-18)11-5-4-6-12(16)9-11;2*11-9-3-1-2-8(6-9)10-7-12-4-5-13-10;1-9(2,3)14-7(11)13-8(12)15-10(4,5)6;5-4-3-6-1-2-7-4;1-2;;/h3*4-6,9,13,17H,7-8,10H2,1-3H3;1-3,6,10,12-13H,4-5,7H2;1-7H;1-6H3;1-3H;1-2H3;2*1H4/t2*13-;;;;;;;;/m10......../s1. The fraction of sp³-hybridized carbons (Fsp3) is 0.482. The lowest BCUT2D eigenvalue weighted by Crippen LogP contribution is -2.49. The molecule has 23 nitrogen and oxygen atoms in total. The molecule has 0 radical (unpaired) electrons. The monoisotopic (exact) mass is 1590 g/mol. The Balaban J connectivity index is 0.000000447. The number of nitrogens with zero attached hydrogens (tertiary/aromatic N) is 7. The lowest BCUT2D eigenvalue weighted by molar-refractivity contribution is -0.0295. The second-order valence-corrected chi connectivity index (χ2v) is 30.3. The molecule has 4 saturated heterocycles. The first-order valence-electron chi connectivity index (χ1n) is 36.3. The van der Waals surface area contributed by atoms with Gasteiger partial charge in [0.1, 0.15) is 62.2 Å². The van der Waals surface area contributed by atoms with Crippen molar-refractivity contribution >= 4 is 42.2 Å². The van der Waals surface area contributed by atoms with Crippen molar-refractivity contribution in [3.8, 4) is 11.3 Å². The zero-order valence-corrected chi connectivity index (χ0v) is 67.0. The fourth-order valence-corrected chi connectivity index (χ4v) is 10.3. The number of nitrogens with one attached hydrogen (secondary N) is 5. The number of piperazine rings is 4. The van der Waals surface area contributed by atoms with E-state index < -0.39 is 40.3 Å². The number of rotatable bonds is 5. The highest BCUT2D eigenvalue weighted by Crippen LogP contribution is 2.25. The number of halogens is 6. The van der Waals surface area contributed by atoms with Crippen LogP contribution in [0.3, 0.4) is 0 Å². The molecule has 5 aromatic carbocycles. The number of carbonyl (C=O) groups excluding carboxylic acids is 5. The Hall–Kier alpha value is -9.45. The lowest BCUT2D eigenvalue weighted by atomic mass is 10.0. The highest BCUT2D eigenvalue weighted by Gasteiger charge is 2.32. The van der Waals surface area contributed by atoms with E-state index in [0.717, 1.165) is 47.5 Å². The molecule has 6 heterocycles. The van der Waals surface area contributed by atoms with E-state index in [2.05, 4.69) is 51.3 Å². The van der Waals surface area contributed by atoms with Crippen molar-refractivity contribution in [2.24, 2.45) is 0 Å². The molecule has 618 valence electrons. The van der Waals surface area contributed by atoms with E-state index in [1.165, 1.54) is 60.8 Å². The zero-order valence-electron chi connectivity index (χ0n) is 66.2. The molecule has 0 spiro atoms. The maximum absolute atomic E-state index is 13.3. The number of hydrogen-bond acceptors (Lipinski definition) is 20. The fourth-order valence-electron chi connectivity index (χ4n) is 10.2. The first-order chi connectivity index (χ1) is 51.7. The van der Waals surface area contributed by atoms with Gasteiger partial charge in [-0.2, -0.15) is 0 Å². The molecule has 2 aromatic heterocycles. The predicted molar refractivity (Wildman–Crippen MR) is 428 cm³/mol. The Kier molecular flexibility index (Phi) is 42.7. The molecule has 0 bridgehead atoms. The molecule has 11 rings (SSSR count). The third-order valence-corrected chi connectivity index (χ3v) is 14.9. The van der Waals surface area contributed by atoms with Crippen molar-refractivity contribution in [2.75, 3.05) is 78.5 Å². The van der Waals surface area contributed by atoms with Crippen LogP contribution in [-0.4, -0.2) is 172 Å². The Bertz CT molecular complexity index is 3680. The smallest absolute Gasteiger partial charge is 0.444 e. The van der Waals surface area contributed by atoms with E-state index in [-0.39, 0.29) is 86.4 Å². The topological polar surface area (TPSA) is 262 Å². The van der Waals surface area contributed by atoms with Crippen LogP contribution in [0.2, 0.25) is 5.15 Å². The van der Waals surface area contributed by atoms with Gasteiger partial charge in [-0.3, -0.25) is 15.0 Å². The number of aromatic nitrogens is 4. The third kappa shape index (κ3) is 41.2. The summed E-state index contributed by atoms with van der Waals surface area (Å²) < 4.78 is 95.4. The van der Waals surface area contributed by atoms with Crippen molar-refractivity contribution < 1.29 is 74.3 Å². The van der Waals surface area contributed by atoms with Crippen molar-refractivity contribution in [1.29, 1.82) is 0 Å². The molecule has 4 aliphatic heterocycles. The highest BCUT2D eigenvalue weighted by molar-refractivity contribution is 6.29. The van der Waals surface area contributed by atoms with Crippen molar-refractivity contribution in [1.82, 2.24) is 61.2 Å². The minimum absolute atomic E-state index is 0. The summed E-state index contributed by atoms with van der Waals surface area (Å²) in [7, 11) is 0. The average Bonchev–Trinajstić information content (AvgIpc) is 0.846. The van der Waals surface area contributed by atoms with Crippen LogP contribution in [-0.2, 0) is 28.4 Å². The summed E-state index contributed by atoms with van der Waals surface area (Å²) in [4.78, 5) is 78.5. The molecule has 0 aliphatic carbocycles. The van der Waals surface area contributed by atoms with Gasteiger partial charge in [0.25, 0.3) is 0 Å². The number of hydrogen-bond donors (Lipinski definition) is 5. The molecular formula is C83H118ClF5N12O11. The van der Waals surface area contributed by atoms with Crippen LogP contribution >= 0.6 is 11.6 Å². The summed E-state index contributed by atoms with van der Waals surface area (Å²) in [6.45, 7) is 38.7. The minimum Gasteiger partial charge on any atom is -0.444 e. The summed E-state index contributed by atoms with van der Waals surface area (Å²) in [6, 6.07) is 32.5. The van der Waals surface area contributed by atoms with Crippen LogP contribution in [0.1, 0.15) is 179 Å². The molecule has 112 heavy (non-hydrogen) atoms. The summed E-state index contributed by atoms with van der Waals surface area (Å²) in [5.74, 6) is -1.22. The lowest BCUT2D eigenvalue weighted by Gasteiger charge is -2.35. The van der Waals surface area contributed by atoms with Gasteiger partial charge in [0.05, 0.1) is 36.2 Å². The van der Waals surface area contributed by atoms with E-state index >= 15 is 0 Å². The molecule has 4 fully saturated rings. The van der Waals surface area contributed by atoms with E-state index in [1.807, 2.05) is 100 Å². The van der Waals surface area contributed by atoms with Gasteiger partial charge < -0.3 is 69.7 Å². The van der Waals surface area contributed by atoms with E-state index in [9.17, 15) is 45.9 Å². The number of carbonyl (C=O) groups is 5. The van der Waals surface area contributed by atoms with Crippen LogP contribution in [0.15, 0.2) is 159 Å². The number of amides is 3. The van der Waals surface area contributed by atoms with Gasteiger partial charge in [-0.15, -0.1) is 0 Å². The third-order valence-electron chi connectivity index (χ3n) is 14.7. The molecular weight excluding hydrogens is 1470 g/mol. The van der Waals surface area contributed by atoms with Crippen molar-refractivity contribution in [2.45, 2.75) is 185 Å². The predicted octanol–water partition coefficient (Wildman–Crippen LogP) is 17.8. The molecule has 4 atom stereocenters. The largest absolute Gasteiger partial charge is 0.519 e. The van der Waals surface area contributed by atoms with Crippen molar-refractivity contribution in [3.05, 3.63) is 215 Å². The molecule has 29 heteroatoms. The van der Waals surface area contributed by atoms with Gasteiger partial charge in [0.15, 0.2) is 0 Å². The average molecular weight is 1590 g/mol. The van der Waals surface area contributed by atoms with E-state index in [4.69, 9.17) is 35.3 Å². The van der Waals surface area contributed by atoms with Crippen molar-refractivity contribution in [3.63, 3.8) is 0 Å². The highest BCUT2D eigenvalue weighted by atomic mass is 35.5. The van der Waals surface area contributed by atoms with Gasteiger partial charge in [-0.1, -0.05) is 101 Å². The maximum atomic E-state index is 13.3. The SMILES string of the molecule is C.C.CC.CC(C)(C)OC(=O)N1CCNC(c2cccc(F)c2)C1.CC(C)(C)OC(=O)N1CCN[C@@H](c2cccc(F)c2)C1.CC(C)(C)OC(=O)N1CCN[C@H](c2cccc(F)c2)C1.CC(C)(C)OC(=O)OC(=O)OC(C)(C)C.Clc1cnccn1.Fc1cccc(-c2cnccn2)c1.Fc1cccc(C2CNCCN2)c1. The Morgan fingerprint density at radius 1 is 0.402 bits per heavy atom. The molecule has 0 saturated carbocycles. The minimum atomic E-state index is -1.06. The quantitative estimate of drug-likeness (QED) is 0.0464. The van der Waals surface area contributed by atoms with Gasteiger partial charge in [0, 0.05) is 115 Å². The van der Waals surface area contributed by atoms with E-state index in [1.54, 1.807) is 130 Å². The second-order valence-electron chi connectivity index (χ2n) is 29.9. The second kappa shape index (κ2) is 48.5. The van der Waals surface area contributed by atoms with Gasteiger partial charge in [0.2, 0.25) is 0 Å². The van der Waals surface area contributed by atoms with Crippen LogP contribution in [0.25, 0.3) is 11.3 Å². The first-order valence-corrected chi connectivity index (χ1v) is 36.7. The Morgan fingerprint density at radius 2 is 0.714 bits per heavy atom. The summed E-state index contributed by atoms with van der Waals surface area (Å²) >= 11 is 5.37. The zero-order chi connectivity index (χ0) is 81.8. The Morgan fingerprint density at radius 3 is 0.982 bits per heavy atom. The van der Waals surface area contributed by atoms with Crippen LogP contribution in [0.5, 0.6) is 0 Å². The molecule has 5 N–H and O–H groups in total. The normalized spacial score (nSPS) is 16.6. The van der Waals surface area contributed by atoms with Crippen LogP contribution in [0, 0.1) is 29.1 Å². The summed E-state index contributed by atoms with van der Waals surface area (Å²) in [6.07, 6.45) is 6.31. The van der Waals surface area contributed by atoms with Gasteiger partial charge in [-0.25, -0.2) is 50.9 Å². The number of benzene rings is 5. The first kappa shape index (κ1) is 98.6. The molecule has 2 unspecified atom stereocenters. The van der Waals surface area contributed by atoms with Crippen LogP contribution in [0.4, 0.5) is 45.9 Å². The summed E-state index contributed by atoms with van der Waals surface area (Å²) in [5.41, 5.74) is 2.08. The Labute approximate surface area is 664 Å². The number of ether oxygens (including phenoxy) is 6. The summed E-state index contributed by atoms with van der Waals surface area (Å²) in [5, 5.41) is 16.9. The van der Waals surface area contributed by atoms with E-state index in [0.29, 0.717) is 69.7 Å². The van der Waals surface area contributed by atoms with Crippen LogP contribution < -0.4 is 26.6 Å². The van der Waals surface area contributed by atoms with Gasteiger partial charge in [-0.05, 0) is 187 Å². The van der Waals surface area contributed by atoms with Gasteiger partial charge >= 0.3 is 30.6 Å². The molecule has 7 aromatic rings. The maximum Gasteiger partial charge on any atom is 0.519 e. The molecule has 4 aliphatic rings. The molecule has 3 amide bonds.